The molecule has 17 heavy (non-hydrogen) atoms. The van der Waals surface area contributed by atoms with E-state index in [9.17, 15) is 4.79 Å². The molecule has 98 valence electrons. The number of amides is 1. The van der Waals surface area contributed by atoms with Crippen LogP contribution >= 0.6 is 0 Å². The summed E-state index contributed by atoms with van der Waals surface area (Å²) in [5, 5.41) is 2.80. The van der Waals surface area contributed by atoms with Crippen LogP contribution in [0.2, 0.25) is 0 Å². The SMILES string of the molecule is CC.CC.CC(C)NC(=O)c1ccc(N)cc1. The molecule has 3 nitrogen and oxygen atoms in total. The van der Waals surface area contributed by atoms with Crippen LogP contribution in [0.4, 0.5) is 5.69 Å². The van der Waals surface area contributed by atoms with E-state index in [0.717, 1.165) is 0 Å². The average molecular weight is 238 g/mol. The molecule has 0 unspecified atom stereocenters. The Balaban J connectivity index is 0. The Labute approximate surface area is 105 Å². The first kappa shape index (κ1) is 17.9. The fourth-order valence-corrected chi connectivity index (χ4v) is 0.980. The number of rotatable bonds is 2. The number of carbonyl (C=O) groups excluding carboxylic acids is 1. The van der Waals surface area contributed by atoms with Crippen LogP contribution in [0, 0.1) is 0 Å². The minimum atomic E-state index is -0.0602. The monoisotopic (exact) mass is 238 g/mol. The van der Waals surface area contributed by atoms with Crippen LogP contribution in [0.25, 0.3) is 0 Å². The van der Waals surface area contributed by atoms with Gasteiger partial charge in [-0.1, -0.05) is 27.7 Å². The van der Waals surface area contributed by atoms with Gasteiger partial charge in [-0.15, -0.1) is 0 Å². The Morgan fingerprint density at radius 2 is 1.47 bits per heavy atom. The topological polar surface area (TPSA) is 55.1 Å². The minimum Gasteiger partial charge on any atom is -0.399 e. The first-order valence-corrected chi connectivity index (χ1v) is 6.26. The first-order chi connectivity index (χ1) is 8.09. The molecule has 0 saturated heterocycles. The number of carbonyl (C=O) groups is 1. The lowest BCUT2D eigenvalue weighted by molar-refractivity contribution is 0.0943. The van der Waals surface area contributed by atoms with Crippen molar-refractivity contribution in [2.75, 3.05) is 5.73 Å². The van der Waals surface area contributed by atoms with Gasteiger partial charge in [-0.25, -0.2) is 0 Å². The van der Waals surface area contributed by atoms with Gasteiger partial charge >= 0.3 is 0 Å². The Bertz CT molecular complexity index is 292. The van der Waals surface area contributed by atoms with Crippen molar-refractivity contribution in [3.63, 3.8) is 0 Å². The van der Waals surface area contributed by atoms with Crippen LogP contribution in [0.15, 0.2) is 24.3 Å². The normalized spacial score (nSPS) is 8.41. The predicted octanol–water partition coefficient (Wildman–Crippen LogP) is 3.46. The molecule has 0 bridgehead atoms. The van der Waals surface area contributed by atoms with E-state index in [-0.39, 0.29) is 11.9 Å². The van der Waals surface area contributed by atoms with Crippen LogP contribution in [-0.4, -0.2) is 11.9 Å². The Hall–Kier alpha value is -1.51. The molecule has 0 radical (unpaired) electrons. The summed E-state index contributed by atoms with van der Waals surface area (Å²) >= 11 is 0. The summed E-state index contributed by atoms with van der Waals surface area (Å²) in [5.41, 5.74) is 6.81. The highest BCUT2D eigenvalue weighted by Crippen LogP contribution is 2.05. The van der Waals surface area contributed by atoms with Crippen LogP contribution in [-0.2, 0) is 0 Å². The molecule has 0 atom stereocenters. The van der Waals surface area contributed by atoms with Crippen LogP contribution in [0.3, 0.4) is 0 Å². The highest BCUT2D eigenvalue weighted by Gasteiger charge is 2.05. The fourth-order valence-electron chi connectivity index (χ4n) is 0.980. The molecule has 1 aromatic rings. The van der Waals surface area contributed by atoms with E-state index in [4.69, 9.17) is 5.73 Å². The second kappa shape index (κ2) is 11.0. The number of nitrogens with two attached hydrogens (primary N) is 1. The Morgan fingerprint density at radius 1 is 1.06 bits per heavy atom. The van der Waals surface area contributed by atoms with Gasteiger partial charge < -0.3 is 11.1 Å². The molecular weight excluding hydrogens is 212 g/mol. The third-order valence-corrected chi connectivity index (χ3v) is 1.59. The van der Waals surface area contributed by atoms with Crippen molar-refractivity contribution >= 4 is 11.6 Å². The van der Waals surface area contributed by atoms with E-state index in [1.807, 2.05) is 41.5 Å². The van der Waals surface area contributed by atoms with Gasteiger partial charge in [0.2, 0.25) is 0 Å². The summed E-state index contributed by atoms with van der Waals surface area (Å²) in [6.45, 7) is 11.9. The van der Waals surface area contributed by atoms with Crippen LogP contribution in [0.5, 0.6) is 0 Å². The van der Waals surface area contributed by atoms with E-state index in [1.54, 1.807) is 24.3 Å². The smallest absolute Gasteiger partial charge is 0.251 e. The molecule has 1 amide bonds. The average Bonchev–Trinajstić information content (AvgIpc) is 2.34. The Kier molecular flexibility index (Phi) is 11.6. The largest absolute Gasteiger partial charge is 0.399 e. The van der Waals surface area contributed by atoms with Crippen LogP contribution in [0.1, 0.15) is 51.9 Å². The molecule has 0 spiro atoms. The maximum atomic E-state index is 11.4. The number of hydrogen-bond acceptors (Lipinski definition) is 2. The molecule has 0 heterocycles. The molecular formula is C14H26N2O. The summed E-state index contributed by atoms with van der Waals surface area (Å²) in [5.74, 6) is -0.0602. The second-order valence-corrected chi connectivity index (χ2v) is 3.25. The van der Waals surface area contributed by atoms with Gasteiger partial charge in [0, 0.05) is 17.3 Å². The van der Waals surface area contributed by atoms with E-state index in [0.29, 0.717) is 11.3 Å². The lowest BCUT2D eigenvalue weighted by Gasteiger charge is -2.07. The highest BCUT2D eigenvalue weighted by atomic mass is 16.1. The third kappa shape index (κ3) is 8.31. The third-order valence-electron chi connectivity index (χ3n) is 1.59. The minimum absolute atomic E-state index is 0.0602. The second-order valence-electron chi connectivity index (χ2n) is 3.25. The zero-order valence-electron chi connectivity index (χ0n) is 11.9. The number of nitrogens with one attached hydrogen (secondary N) is 1. The van der Waals surface area contributed by atoms with E-state index < -0.39 is 0 Å². The summed E-state index contributed by atoms with van der Waals surface area (Å²) < 4.78 is 0. The van der Waals surface area contributed by atoms with Crippen molar-refractivity contribution in [1.82, 2.24) is 5.32 Å². The van der Waals surface area contributed by atoms with Gasteiger partial charge in [0.25, 0.3) is 5.91 Å². The summed E-state index contributed by atoms with van der Waals surface area (Å²) in [4.78, 5) is 11.4. The molecule has 0 aliphatic heterocycles. The predicted molar refractivity (Wildman–Crippen MR) is 76.2 cm³/mol. The van der Waals surface area contributed by atoms with E-state index in [1.165, 1.54) is 0 Å². The van der Waals surface area contributed by atoms with Gasteiger partial charge in [0.1, 0.15) is 0 Å². The zero-order chi connectivity index (χ0) is 13.8. The lowest BCUT2D eigenvalue weighted by atomic mass is 10.2. The van der Waals surface area contributed by atoms with Crippen molar-refractivity contribution in [2.24, 2.45) is 0 Å². The fraction of sp³-hybridized carbons (Fsp3) is 0.500. The maximum absolute atomic E-state index is 11.4. The number of hydrogen-bond donors (Lipinski definition) is 2. The zero-order valence-corrected chi connectivity index (χ0v) is 11.9. The maximum Gasteiger partial charge on any atom is 0.251 e. The number of benzene rings is 1. The summed E-state index contributed by atoms with van der Waals surface area (Å²) in [7, 11) is 0. The van der Waals surface area contributed by atoms with Gasteiger partial charge in [0.15, 0.2) is 0 Å². The van der Waals surface area contributed by atoms with Crippen molar-refractivity contribution in [3.8, 4) is 0 Å². The molecule has 0 aliphatic carbocycles. The number of nitrogen functional groups attached to an aromatic ring is 1. The van der Waals surface area contributed by atoms with Gasteiger partial charge in [-0.05, 0) is 38.1 Å². The first-order valence-electron chi connectivity index (χ1n) is 6.26. The van der Waals surface area contributed by atoms with Crippen molar-refractivity contribution in [2.45, 2.75) is 47.6 Å². The molecule has 0 aromatic heterocycles. The summed E-state index contributed by atoms with van der Waals surface area (Å²) in [6, 6.07) is 7.02. The van der Waals surface area contributed by atoms with E-state index >= 15 is 0 Å². The van der Waals surface area contributed by atoms with Gasteiger partial charge in [0.05, 0.1) is 0 Å². The molecule has 0 saturated carbocycles. The number of anilines is 1. The quantitative estimate of drug-likeness (QED) is 0.775. The molecule has 3 N–H and O–H groups in total. The highest BCUT2D eigenvalue weighted by molar-refractivity contribution is 5.94. The summed E-state index contributed by atoms with van der Waals surface area (Å²) in [6.07, 6.45) is 0. The molecule has 1 aromatic carbocycles. The van der Waals surface area contributed by atoms with Crippen molar-refractivity contribution < 1.29 is 4.79 Å². The van der Waals surface area contributed by atoms with Crippen molar-refractivity contribution in [3.05, 3.63) is 29.8 Å². The molecule has 1 rings (SSSR count). The Morgan fingerprint density at radius 3 is 1.82 bits per heavy atom. The van der Waals surface area contributed by atoms with Crippen molar-refractivity contribution in [1.29, 1.82) is 0 Å². The van der Waals surface area contributed by atoms with Gasteiger partial charge in [-0.2, -0.15) is 0 Å². The van der Waals surface area contributed by atoms with Gasteiger partial charge in [-0.3, -0.25) is 4.79 Å². The molecule has 0 fully saturated rings. The molecule has 3 heteroatoms. The van der Waals surface area contributed by atoms with E-state index in [2.05, 4.69) is 5.32 Å². The standard InChI is InChI=1S/C10H14N2O.2C2H6/c1-7(2)12-10(13)8-3-5-9(11)6-4-8;2*1-2/h3-7H,11H2,1-2H3,(H,12,13);2*1-2H3. The lowest BCUT2D eigenvalue weighted by Crippen LogP contribution is -2.29. The molecule has 0 aliphatic rings. The van der Waals surface area contributed by atoms with Crippen LogP contribution < -0.4 is 11.1 Å².